The van der Waals surface area contributed by atoms with Gasteiger partial charge in [0, 0.05) is 29.1 Å². The number of carbonyl (C=O) groups excluding carboxylic acids is 2. The maximum atomic E-state index is 14.4. The molecule has 2 aliphatic heterocycles. The van der Waals surface area contributed by atoms with E-state index in [4.69, 9.17) is 34.8 Å². The van der Waals surface area contributed by atoms with Gasteiger partial charge in [-0.15, -0.1) is 0 Å². The molecule has 2 amide bonds. The zero-order valence-corrected chi connectivity index (χ0v) is 30.5. The van der Waals surface area contributed by atoms with Crippen LogP contribution >= 0.6 is 34.8 Å². The molecule has 0 saturated carbocycles. The van der Waals surface area contributed by atoms with Crippen LogP contribution in [0.3, 0.4) is 0 Å². The molecule has 2 aromatic rings. The SMILES string of the molecule is CC[N+](CC)(CC)CCCCNC1CN(S(=O)(=O)c2ccc(Cl)cc2Cl)C2CN(C(C)C)C(=O)C(Cc3ccc(Cl)cc3)N2C1=O. The van der Waals surface area contributed by atoms with Crippen LogP contribution in [0.25, 0.3) is 0 Å². The molecule has 46 heavy (non-hydrogen) atoms. The molecule has 2 fully saturated rings. The first kappa shape index (κ1) is 36.9. The fourth-order valence-corrected chi connectivity index (χ4v) is 9.13. The molecule has 1 N–H and O–H groups in total. The molecular formula is C33H47Cl3N5O4S+. The van der Waals surface area contributed by atoms with Gasteiger partial charge in [-0.25, -0.2) is 8.42 Å². The first-order valence-electron chi connectivity index (χ1n) is 16.2. The summed E-state index contributed by atoms with van der Waals surface area (Å²) >= 11 is 18.7. The number of benzene rings is 2. The van der Waals surface area contributed by atoms with Crippen molar-refractivity contribution >= 4 is 56.6 Å². The van der Waals surface area contributed by atoms with Gasteiger partial charge in [-0.2, -0.15) is 4.31 Å². The molecule has 0 bridgehead atoms. The molecule has 0 spiro atoms. The van der Waals surface area contributed by atoms with Gasteiger partial charge in [0.2, 0.25) is 21.8 Å². The second kappa shape index (κ2) is 15.5. The van der Waals surface area contributed by atoms with Gasteiger partial charge in [0.1, 0.15) is 23.1 Å². The zero-order valence-electron chi connectivity index (χ0n) is 27.4. The monoisotopic (exact) mass is 714 g/mol. The highest BCUT2D eigenvalue weighted by atomic mass is 35.5. The Morgan fingerprint density at radius 2 is 1.52 bits per heavy atom. The topological polar surface area (TPSA) is 90.0 Å². The molecule has 0 aliphatic carbocycles. The summed E-state index contributed by atoms with van der Waals surface area (Å²) in [6.07, 6.45) is 1.10. The van der Waals surface area contributed by atoms with Gasteiger partial charge in [0.05, 0.1) is 37.7 Å². The number of hydrogen-bond donors (Lipinski definition) is 1. The number of quaternary nitrogens is 1. The molecule has 4 rings (SSSR count). The largest absolute Gasteiger partial charge is 0.335 e. The van der Waals surface area contributed by atoms with Crippen molar-refractivity contribution in [2.75, 3.05) is 45.8 Å². The molecule has 0 aromatic heterocycles. The third kappa shape index (κ3) is 7.86. The highest BCUT2D eigenvalue weighted by Gasteiger charge is 2.54. The van der Waals surface area contributed by atoms with Crippen LogP contribution in [-0.2, 0) is 26.0 Å². The van der Waals surface area contributed by atoms with Crippen molar-refractivity contribution in [1.82, 2.24) is 19.4 Å². The van der Waals surface area contributed by atoms with Crippen molar-refractivity contribution in [2.24, 2.45) is 0 Å². The number of nitrogens with one attached hydrogen (secondary N) is 1. The Hall–Kier alpha value is -1.92. The van der Waals surface area contributed by atoms with Crippen LogP contribution in [0.5, 0.6) is 0 Å². The van der Waals surface area contributed by atoms with E-state index in [0.29, 0.717) is 16.6 Å². The summed E-state index contributed by atoms with van der Waals surface area (Å²) in [5, 5.41) is 4.23. The third-order valence-corrected chi connectivity index (χ3v) is 12.6. The predicted octanol–water partition coefficient (Wildman–Crippen LogP) is 5.28. The number of piperazine rings is 1. The van der Waals surface area contributed by atoms with Crippen LogP contribution in [-0.4, -0.2) is 109 Å². The highest BCUT2D eigenvalue weighted by Crippen LogP contribution is 2.35. The van der Waals surface area contributed by atoms with E-state index in [9.17, 15) is 18.0 Å². The first-order valence-corrected chi connectivity index (χ1v) is 18.8. The summed E-state index contributed by atoms with van der Waals surface area (Å²) < 4.78 is 31.1. The van der Waals surface area contributed by atoms with E-state index in [2.05, 4.69) is 26.1 Å². The molecule has 254 valence electrons. The Labute approximate surface area is 289 Å². The minimum Gasteiger partial charge on any atom is -0.335 e. The maximum Gasteiger partial charge on any atom is 0.246 e. The lowest BCUT2D eigenvalue weighted by Gasteiger charge is -2.54. The van der Waals surface area contributed by atoms with E-state index >= 15 is 0 Å². The number of unbranched alkanes of at least 4 members (excludes halogenated alkanes) is 1. The quantitative estimate of drug-likeness (QED) is 0.213. The van der Waals surface area contributed by atoms with Crippen LogP contribution in [0, 0.1) is 0 Å². The van der Waals surface area contributed by atoms with Gasteiger partial charge in [0.15, 0.2) is 0 Å². The van der Waals surface area contributed by atoms with Crippen LogP contribution in [0.1, 0.15) is 53.0 Å². The molecular weight excluding hydrogens is 669 g/mol. The lowest BCUT2D eigenvalue weighted by atomic mass is 9.96. The van der Waals surface area contributed by atoms with Crippen molar-refractivity contribution in [3.8, 4) is 0 Å². The molecule has 2 heterocycles. The van der Waals surface area contributed by atoms with Gasteiger partial charge in [0.25, 0.3) is 0 Å². The van der Waals surface area contributed by atoms with E-state index in [-0.39, 0.29) is 47.3 Å². The second-order valence-corrected chi connectivity index (χ2v) is 15.7. The first-order chi connectivity index (χ1) is 21.8. The second-order valence-electron chi connectivity index (χ2n) is 12.5. The number of sulfonamides is 1. The number of nitrogens with zero attached hydrogens (tertiary/aromatic N) is 4. The van der Waals surface area contributed by atoms with E-state index in [1.54, 1.807) is 17.0 Å². The molecule has 0 radical (unpaired) electrons. The van der Waals surface area contributed by atoms with E-state index in [0.717, 1.165) is 49.1 Å². The normalized spacial score (nSPS) is 21.3. The van der Waals surface area contributed by atoms with Gasteiger partial charge >= 0.3 is 0 Å². The summed E-state index contributed by atoms with van der Waals surface area (Å²) in [5.41, 5.74) is 0.814. The van der Waals surface area contributed by atoms with Crippen molar-refractivity contribution in [3.63, 3.8) is 0 Å². The lowest BCUT2D eigenvalue weighted by molar-refractivity contribution is -0.923. The Kier molecular flexibility index (Phi) is 12.5. The highest BCUT2D eigenvalue weighted by molar-refractivity contribution is 7.89. The Morgan fingerprint density at radius 3 is 2.11 bits per heavy atom. The van der Waals surface area contributed by atoms with Crippen molar-refractivity contribution in [3.05, 3.63) is 63.1 Å². The number of carbonyl (C=O) groups is 2. The Balaban J connectivity index is 1.69. The minimum absolute atomic E-state index is 0.00449. The minimum atomic E-state index is -4.22. The van der Waals surface area contributed by atoms with Crippen LogP contribution in [0.2, 0.25) is 15.1 Å². The van der Waals surface area contributed by atoms with Gasteiger partial charge in [-0.1, -0.05) is 46.9 Å². The Morgan fingerprint density at radius 1 is 0.891 bits per heavy atom. The molecule has 2 saturated heterocycles. The van der Waals surface area contributed by atoms with Gasteiger partial charge < -0.3 is 19.6 Å². The van der Waals surface area contributed by atoms with E-state index in [1.165, 1.54) is 27.4 Å². The van der Waals surface area contributed by atoms with Crippen LogP contribution in [0.15, 0.2) is 47.4 Å². The van der Waals surface area contributed by atoms with Crippen LogP contribution < -0.4 is 5.32 Å². The summed E-state index contributed by atoms with van der Waals surface area (Å²) in [7, 11) is -4.22. The fraction of sp³-hybridized carbons (Fsp3) is 0.576. The van der Waals surface area contributed by atoms with Crippen LogP contribution in [0.4, 0.5) is 0 Å². The van der Waals surface area contributed by atoms with Crippen molar-refractivity contribution in [2.45, 2.75) is 83.1 Å². The average molecular weight is 716 g/mol. The van der Waals surface area contributed by atoms with Crippen molar-refractivity contribution < 1.29 is 22.5 Å². The number of rotatable bonds is 14. The average Bonchev–Trinajstić information content (AvgIpc) is 3.02. The van der Waals surface area contributed by atoms with Gasteiger partial charge in [-0.05, 0) is 89.9 Å². The zero-order chi connectivity index (χ0) is 33.8. The summed E-state index contributed by atoms with van der Waals surface area (Å²) in [6.45, 7) is 15.1. The maximum absolute atomic E-state index is 14.4. The number of amides is 2. The molecule has 9 nitrogen and oxygen atoms in total. The van der Waals surface area contributed by atoms with Gasteiger partial charge in [-0.3, -0.25) is 9.59 Å². The molecule has 2 aromatic carbocycles. The number of fused-ring (bicyclic) bond motifs is 1. The molecule has 3 unspecified atom stereocenters. The standard InChI is InChI=1S/C33H47Cl3N5O4S/c1-6-41(7-2,8-3)18-10-9-17-37-28-21-39(46(44,45)30-16-15-26(35)20-27(30)36)31-22-38(23(4)5)33(43)29(40(31)32(28)42)19-24-11-13-25(34)14-12-24/h11-16,20,23,28-29,31,37H,6-10,17-19,21-22H2,1-5H3/q+1. The molecule has 2 aliphatic rings. The lowest BCUT2D eigenvalue weighted by Crippen LogP contribution is -2.76. The van der Waals surface area contributed by atoms with E-state index < -0.39 is 28.3 Å². The third-order valence-electron chi connectivity index (χ3n) is 9.74. The summed E-state index contributed by atoms with van der Waals surface area (Å²) in [5.74, 6) is -0.500. The summed E-state index contributed by atoms with van der Waals surface area (Å²) in [4.78, 5) is 31.4. The number of hydrogen-bond acceptors (Lipinski definition) is 5. The molecule has 3 atom stereocenters. The smallest absolute Gasteiger partial charge is 0.246 e. The Bertz CT molecular complexity index is 1480. The fourth-order valence-electron chi connectivity index (χ4n) is 6.67. The summed E-state index contributed by atoms with van der Waals surface area (Å²) in [6, 6.07) is 9.45. The predicted molar refractivity (Wildman–Crippen MR) is 185 cm³/mol. The van der Waals surface area contributed by atoms with Crippen molar-refractivity contribution in [1.29, 1.82) is 0 Å². The van der Waals surface area contributed by atoms with E-state index in [1.807, 2.05) is 26.0 Å². The number of halogens is 3. The molecule has 13 heteroatoms.